The first-order valence-corrected chi connectivity index (χ1v) is 4.94. The predicted molar refractivity (Wildman–Crippen MR) is 57.7 cm³/mol. The van der Waals surface area contributed by atoms with Crippen LogP contribution in [-0.4, -0.2) is 17.7 Å². The number of carboxylic acids is 1. The Bertz CT molecular complexity index is 549. The van der Waals surface area contributed by atoms with Gasteiger partial charge in [-0.05, 0) is 30.3 Å². The number of ether oxygens (including phenoxy) is 1. The van der Waals surface area contributed by atoms with E-state index in [1.165, 1.54) is 18.4 Å². The maximum absolute atomic E-state index is 12.3. The van der Waals surface area contributed by atoms with Crippen LogP contribution in [-0.2, 0) is 0 Å². The second kappa shape index (κ2) is 4.87. The average Bonchev–Trinajstić information content (AvgIpc) is 2.81. The van der Waals surface area contributed by atoms with Crippen molar-refractivity contribution >= 4 is 5.97 Å². The molecule has 0 fully saturated rings. The molecule has 0 aliphatic rings. The third kappa shape index (κ3) is 2.48. The van der Waals surface area contributed by atoms with Crippen LogP contribution in [0.4, 0.5) is 8.78 Å². The van der Waals surface area contributed by atoms with E-state index in [-0.39, 0.29) is 16.9 Å². The third-order valence-electron chi connectivity index (χ3n) is 2.23. The van der Waals surface area contributed by atoms with Gasteiger partial charge in [0.1, 0.15) is 11.5 Å². The topological polar surface area (TPSA) is 59.7 Å². The Balaban J connectivity index is 2.48. The summed E-state index contributed by atoms with van der Waals surface area (Å²) < 4.78 is 33.9. The predicted octanol–water partition coefficient (Wildman–Crippen LogP) is 3.25. The molecule has 18 heavy (non-hydrogen) atoms. The summed E-state index contributed by atoms with van der Waals surface area (Å²) >= 11 is 0. The minimum absolute atomic E-state index is 0.138. The van der Waals surface area contributed by atoms with Gasteiger partial charge in [-0.2, -0.15) is 8.78 Å². The van der Waals surface area contributed by atoms with E-state index in [0.29, 0.717) is 5.76 Å². The normalized spacial score (nSPS) is 10.6. The number of alkyl halides is 2. The van der Waals surface area contributed by atoms with E-state index in [4.69, 9.17) is 9.52 Å². The molecule has 0 saturated heterocycles. The molecule has 1 N–H and O–H groups in total. The number of aromatic carboxylic acids is 1. The monoisotopic (exact) mass is 254 g/mol. The van der Waals surface area contributed by atoms with E-state index in [2.05, 4.69) is 4.74 Å². The molecule has 0 radical (unpaired) electrons. The quantitative estimate of drug-likeness (QED) is 0.909. The van der Waals surface area contributed by atoms with E-state index < -0.39 is 12.6 Å². The summed E-state index contributed by atoms with van der Waals surface area (Å²) in [5.74, 6) is -1.14. The summed E-state index contributed by atoms with van der Waals surface area (Å²) in [6.45, 7) is -3.04. The van der Waals surface area contributed by atoms with Gasteiger partial charge in [-0.15, -0.1) is 0 Å². The SMILES string of the molecule is O=C(O)c1ccc(-c2ccco2)c(OC(F)F)c1. The van der Waals surface area contributed by atoms with Crippen molar-refractivity contribution in [1.29, 1.82) is 0 Å². The fourth-order valence-electron chi connectivity index (χ4n) is 1.48. The van der Waals surface area contributed by atoms with Gasteiger partial charge < -0.3 is 14.3 Å². The number of hydrogen-bond acceptors (Lipinski definition) is 3. The Labute approximate surface area is 100 Å². The van der Waals surface area contributed by atoms with Crippen molar-refractivity contribution < 1.29 is 27.8 Å². The average molecular weight is 254 g/mol. The molecular formula is C12H8F2O4. The first-order valence-electron chi connectivity index (χ1n) is 4.94. The number of carbonyl (C=O) groups is 1. The van der Waals surface area contributed by atoms with Crippen molar-refractivity contribution in [3.05, 3.63) is 42.2 Å². The Kier molecular flexibility index (Phi) is 3.27. The standard InChI is InChI=1S/C12H8F2O4/c13-12(14)18-10-6-7(11(15)16)3-4-8(10)9-2-1-5-17-9/h1-6,12H,(H,15,16). The molecule has 2 rings (SSSR count). The van der Waals surface area contributed by atoms with Gasteiger partial charge in [-0.25, -0.2) is 4.79 Å². The summed E-state index contributed by atoms with van der Waals surface area (Å²) in [4.78, 5) is 10.8. The van der Waals surface area contributed by atoms with Crippen LogP contribution in [0.15, 0.2) is 41.0 Å². The van der Waals surface area contributed by atoms with Crippen molar-refractivity contribution in [2.45, 2.75) is 6.61 Å². The van der Waals surface area contributed by atoms with Crippen LogP contribution >= 0.6 is 0 Å². The minimum Gasteiger partial charge on any atom is -0.478 e. The zero-order chi connectivity index (χ0) is 13.1. The summed E-state index contributed by atoms with van der Waals surface area (Å²) in [5.41, 5.74) is 0.131. The number of hydrogen-bond donors (Lipinski definition) is 1. The molecule has 2 aromatic rings. The van der Waals surface area contributed by atoms with Crippen molar-refractivity contribution in [2.75, 3.05) is 0 Å². The molecule has 0 bridgehead atoms. The molecule has 1 aromatic carbocycles. The van der Waals surface area contributed by atoms with Crippen LogP contribution in [0.2, 0.25) is 0 Å². The van der Waals surface area contributed by atoms with Gasteiger partial charge in [0.25, 0.3) is 0 Å². The summed E-state index contributed by atoms with van der Waals surface area (Å²) in [5, 5.41) is 8.80. The summed E-state index contributed by atoms with van der Waals surface area (Å²) in [6, 6.07) is 6.84. The number of halogens is 2. The van der Waals surface area contributed by atoms with E-state index in [1.54, 1.807) is 12.1 Å². The Morgan fingerprint density at radius 3 is 2.67 bits per heavy atom. The van der Waals surface area contributed by atoms with E-state index in [1.807, 2.05) is 0 Å². The molecule has 94 valence electrons. The lowest BCUT2D eigenvalue weighted by molar-refractivity contribution is -0.0495. The lowest BCUT2D eigenvalue weighted by atomic mass is 10.1. The molecule has 0 amide bonds. The molecule has 0 saturated carbocycles. The maximum Gasteiger partial charge on any atom is 0.387 e. The molecule has 4 nitrogen and oxygen atoms in total. The van der Waals surface area contributed by atoms with Crippen LogP contribution in [0, 0.1) is 0 Å². The van der Waals surface area contributed by atoms with Crippen molar-refractivity contribution in [1.82, 2.24) is 0 Å². The molecular weight excluding hydrogens is 246 g/mol. The fraction of sp³-hybridized carbons (Fsp3) is 0.0833. The molecule has 1 aromatic heterocycles. The molecule has 0 unspecified atom stereocenters. The first-order chi connectivity index (χ1) is 8.58. The number of carboxylic acid groups (broad SMARTS) is 1. The highest BCUT2D eigenvalue weighted by Gasteiger charge is 2.16. The number of benzene rings is 1. The molecule has 0 aliphatic heterocycles. The van der Waals surface area contributed by atoms with Gasteiger partial charge in [0.05, 0.1) is 17.4 Å². The fourth-order valence-corrected chi connectivity index (χ4v) is 1.48. The van der Waals surface area contributed by atoms with Crippen LogP contribution in [0.3, 0.4) is 0 Å². The Morgan fingerprint density at radius 1 is 1.33 bits per heavy atom. The Hall–Kier alpha value is -2.37. The van der Waals surface area contributed by atoms with Crippen molar-refractivity contribution in [3.8, 4) is 17.1 Å². The second-order valence-electron chi connectivity index (χ2n) is 3.37. The van der Waals surface area contributed by atoms with Gasteiger partial charge in [0, 0.05) is 0 Å². The van der Waals surface area contributed by atoms with Gasteiger partial charge >= 0.3 is 12.6 Å². The largest absolute Gasteiger partial charge is 0.478 e. The van der Waals surface area contributed by atoms with Crippen molar-refractivity contribution in [3.63, 3.8) is 0 Å². The van der Waals surface area contributed by atoms with Crippen molar-refractivity contribution in [2.24, 2.45) is 0 Å². The van der Waals surface area contributed by atoms with Crippen LogP contribution in [0.25, 0.3) is 11.3 Å². The summed E-state index contributed by atoms with van der Waals surface area (Å²) in [7, 11) is 0. The highest BCUT2D eigenvalue weighted by molar-refractivity contribution is 5.89. The Morgan fingerprint density at radius 2 is 2.11 bits per heavy atom. The highest BCUT2D eigenvalue weighted by atomic mass is 19.3. The molecule has 0 atom stereocenters. The van der Waals surface area contributed by atoms with Crippen LogP contribution in [0.5, 0.6) is 5.75 Å². The zero-order valence-corrected chi connectivity index (χ0v) is 8.97. The number of rotatable bonds is 4. The highest BCUT2D eigenvalue weighted by Crippen LogP contribution is 2.32. The van der Waals surface area contributed by atoms with E-state index in [0.717, 1.165) is 6.07 Å². The second-order valence-corrected chi connectivity index (χ2v) is 3.37. The number of furan rings is 1. The van der Waals surface area contributed by atoms with Gasteiger partial charge in [0.15, 0.2) is 0 Å². The maximum atomic E-state index is 12.3. The van der Waals surface area contributed by atoms with Gasteiger partial charge in [-0.1, -0.05) is 0 Å². The van der Waals surface area contributed by atoms with E-state index in [9.17, 15) is 13.6 Å². The van der Waals surface area contributed by atoms with Gasteiger partial charge in [0.2, 0.25) is 0 Å². The molecule has 6 heteroatoms. The summed E-state index contributed by atoms with van der Waals surface area (Å²) in [6.07, 6.45) is 1.38. The molecule has 1 heterocycles. The van der Waals surface area contributed by atoms with Crippen LogP contribution in [0.1, 0.15) is 10.4 Å². The van der Waals surface area contributed by atoms with Gasteiger partial charge in [-0.3, -0.25) is 0 Å². The third-order valence-corrected chi connectivity index (χ3v) is 2.23. The lowest BCUT2D eigenvalue weighted by Gasteiger charge is -2.09. The van der Waals surface area contributed by atoms with E-state index >= 15 is 0 Å². The lowest BCUT2D eigenvalue weighted by Crippen LogP contribution is -2.05. The zero-order valence-electron chi connectivity index (χ0n) is 8.97. The first kappa shape index (κ1) is 12.1. The molecule has 0 aliphatic carbocycles. The smallest absolute Gasteiger partial charge is 0.387 e. The minimum atomic E-state index is -3.04. The molecule has 0 spiro atoms. The van der Waals surface area contributed by atoms with Crippen LogP contribution < -0.4 is 4.74 Å².